The molecule has 2 aromatic heterocycles. The van der Waals surface area contributed by atoms with E-state index in [1.54, 1.807) is 20.2 Å². The zero-order valence-electron chi connectivity index (χ0n) is 9.81. The van der Waals surface area contributed by atoms with Crippen molar-refractivity contribution in [3.8, 4) is 0 Å². The highest BCUT2D eigenvalue weighted by Crippen LogP contribution is 1.96. The fourth-order valence-corrected chi connectivity index (χ4v) is 3.59. The van der Waals surface area contributed by atoms with Crippen LogP contribution in [0.5, 0.6) is 0 Å². The Bertz CT molecular complexity index is 880. The van der Waals surface area contributed by atoms with Crippen molar-refractivity contribution < 1.29 is 0 Å². The normalized spacial score (nSPS) is 14.4. The van der Waals surface area contributed by atoms with Crippen molar-refractivity contribution in [2.45, 2.75) is 6.92 Å². The molecule has 0 aromatic carbocycles. The smallest absolute Gasteiger partial charge is 0.271 e. The largest absolute Gasteiger partial charge is 0.302 e. The summed E-state index contributed by atoms with van der Waals surface area (Å²) in [6, 6.07) is 0. The van der Waals surface area contributed by atoms with Crippen molar-refractivity contribution in [3.05, 3.63) is 39.1 Å². The molecule has 0 saturated carbocycles. The van der Waals surface area contributed by atoms with Crippen LogP contribution in [-0.4, -0.2) is 9.13 Å². The Morgan fingerprint density at radius 1 is 1.12 bits per heavy atom. The van der Waals surface area contributed by atoms with Crippen molar-refractivity contribution in [2.24, 2.45) is 14.1 Å². The van der Waals surface area contributed by atoms with E-state index in [4.69, 9.17) is 0 Å². The van der Waals surface area contributed by atoms with Gasteiger partial charge in [-0.05, 0) is 6.92 Å². The average molecular weight is 268 g/mol. The lowest BCUT2D eigenvalue weighted by Crippen LogP contribution is -2.25. The lowest BCUT2D eigenvalue weighted by molar-refractivity contribution is 0.838. The first kappa shape index (κ1) is 12.1. The molecule has 0 spiro atoms. The molecule has 0 saturated heterocycles. The predicted octanol–water partition coefficient (Wildman–Crippen LogP) is -0.295. The lowest BCUT2D eigenvalue weighted by Gasteiger charge is -1.84. The molecule has 0 atom stereocenters. The van der Waals surface area contributed by atoms with Gasteiger partial charge in [0, 0.05) is 14.1 Å². The van der Waals surface area contributed by atoms with Crippen LogP contribution < -0.4 is 20.3 Å². The Hall–Kier alpha value is -1.40. The number of hydrogen-bond donors (Lipinski definition) is 0. The van der Waals surface area contributed by atoms with Crippen LogP contribution in [-0.2, 0) is 14.1 Å². The van der Waals surface area contributed by atoms with E-state index in [1.807, 2.05) is 6.92 Å². The zero-order valence-corrected chi connectivity index (χ0v) is 11.4. The molecule has 0 bridgehead atoms. The van der Waals surface area contributed by atoms with Gasteiger partial charge in [-0.25, -0.2) is 0 Å². The van der Waals surface area contributed by atoms with Gasteiger partial charge in [0.05, 0.1) is 9.20 Å². The summed E-state index contributed by atoms with van der Waals surface area (Å²) in [5.41, 5.74) is -0.159. The van der Waals surface area contributed by atoms with Crippen molar-refractivity contribution in [3.63, 3.8) is 0 Å². The molecule has 2 aromatic rings. The van der Waals surface area contributed by atoms with E-state index in [0.29, 0.717) is 18.4 Å². The van der Waals surface area contributed by atoms with E-state index in [-0.39, 0.29) is 11.1 Å². The van der Waals surface area contributed by atoms with E-state index in [9.17, 15) is 9.59 Å². The summed E-state index contributed by atoms with van der Waals surface area (Å²) in [6.07, 6.45) is 1.76. The van der Waals surface area contributed by atoms with Crippen LogP contribution in [0.4, 0.5) is 0 Å². The van der Waals surface area contributed by atoms with Crippen molar-refractivity contribution in [1.82, 2.24) is 9.13 Å². The average Bonchev–Trinajstić information content (AvgIpc) is 2.73. The van der Waals surface area contributed by atoms with Crippen LogP contribution >= 0.6 is 22.7 Å². The van der Waals surface area contributed by atoms with Gasteiger partial charge in [0.1, 0.15) is 9.20 Å². The highest BCUT2D eigenvalue weighted by atomic mass is 32.1. The number of nitrogens with zero attached hydrogens (tertiary/aromatic N) is 2. The molecular weight excluding hydrogens is 256 g/mol. The van der Waals surface area contributed by atoms with E-state index in [2.05, 4.69) is 6.58 Å². The van der Waals surface area contributed by atoms with E-state index >= 15 is 0 Å². The molecule has 6 heteroatoms. The Labute approximate surface area is 105 Å². The first-order valence-corrected chi connectivity index (χ1v) is 6.62. The molecule has 4 nitrogen and oxygen atoms in total. The lowest BCUT2D eigenvalue weighted by atomic mass is 10.6. The molecule has 0 amide bonds. The predicted molar refractivity (Wildman–Crippen MR) is 71.7 cm³/mol. The van der Waals surface area contributed by atoms with Crippen molar-refractivity contribution in [2.75, 3.05) is 0 Å². The molecule has 0 aliphatic heterocycles. The molecule has 0 aliphatic carbocycles. The van der Waals surface area contributed by atoms with Crippen LogP contribution in [0.25, 0.3) is 12.7 Å². The SMILES string of the molecule is C=c1s/c(=c2/s/c(=C\C)c(=O)n2C)c(=O)n1C. The molecule has 90 valence electrons. The quantitative estimate of drug-likeness (QED) is 0.659. The first-order chi connectivity index (χ1) is 7.97. The molecule has 2 heterocycles. The van der Waals surface area contributed by atoms with Crippen LogP contribution in [0.3, 0.4) is 0 Å². The Kier molecular flexibility index (Phi) is 2.92. The highest BCUT2D eigenvalue weighted by molar-refractivity contribution is 7.11. The molecule has 0 aliphatic rings. The monoisotopic (exact) mass is 268 g/mol. The van der Waals surface area contributed by atoms with Crippen LogP contribution in [0.15, 0.2) is 9.59 Å². The molecule has 0 N–H and O–H groups in total. The fourth-order valence-electron chi connectivity index (χ4n) is 1.49. The zero-order chi connectivity index (χ0) is 12.7. The number of thiazole rings is 2. The van der Waals surface area contributed by atoms with Crippen molar-refractivity contribution in [1.29, 1.82) is 0 Å². The molecule has 0 unspecified atom stereocenters. The summed E-state index contributed by atoms with van der Waals surface area (Å²) in [6.45, 7) is 5.61. The second kappa shape index (κ2) is 4.12. The van der Waals surface area contributed by atoms with Gasteiger partial charge in [0.15, 0.2) is 0 Å². The molecule has 0 radical (unpaired) electrons. The fraction of sp³-hybridized carbons (Fsp3) is 0.273. The van der Waals surface area contributed by atoms with Gasteiger partial charge in [-0.2, -0.15) is 0 Å². The third-order valence-corrected chi connectivity index (χ3v) is 5.09. The minimum absolute atomic E-state index is 0.0615. The number of aromatic nitrogens is 2. The van der Waals surface area contributed by atoms with E-state index < -0.39 is 0 Å². The third-order valence-electron chi connectivity index (χ3n) is 2.58. The van der Waals surface area contributed by atoms with Gasteiger partial charge < -0.3 is 9.13 Å². The molecular formula is C11H12N2O2S2. The van der Waals surface area contributed by atoms with Crippen molar-refractivity contribution >= 4 is 35.3 Å². The minimum Gasteiger partial charge on any atom is -0.302 e. The summed E-state index contributed by atoms with van der Waals surface area (Å²) in [4.78, 5) is 23.8. The van der Waals surface area contributed by atoms with Gasteiger partial charge in [0.2, 0.25) is 0 Å². The van der Waals surface area contributed by atoms with Gasteiger partial charge in [-0.1, -0.05) is 12.7 Å². The van der Waals surface area contributed by atoms with Gasteiger partial charge in [-0.3, -0.25) is 9.59 Å². The van der Waals surface area contributed by atoms with Crippen LogP contribution in [0, 0.1) is 9.20 Å². The van der Waals surface area contributed by atoms with Crippen LogP contribution in [0.1, 0.15) is 6.92 Å². The summed E-state index contributed by atoms with van der Waals surface area (Å²) in [5, 5.41) is 0. The van der Waals surface area contributed by atoms with Gasteiger partial charge in [0.25, 0.3) is 11.1 Å². The summed E-state index contributed by atoms with van der Waals surface area (Å²) in [5.74, 6) is 0. The minimum atomic E-state index is -0.0977. The van der Waals surface area contributed by atoms with Crippen LogP contribution in [0.2, 0.25) is 0 Å². The third kappa shape index (κ3) is 1.73. The standard InChI is InChI=1S/C11H12N2O2S2/c1-5-7-9(14)13(4)11(17-7)8-10(15)12(3)6(2)16-8/h5H,2H2,1,3-4H3/b7-5-,11-8+. The Morgan fingerprint density at radius 2 is 1.76 bits per heavy atom. The maximum Gasteiger partial charge on any atom is 0.271 e. The maximum absolute atomic E-state index is 12.0. The van der Waals surface area contributed by atoms with E-state index in [0.717, 1.165) is 0 Å². The molecule has 2 rings (SSSR count). The first-order valence-electron chi connectivity index (χ1n) is 4.98. The Balaban J connectivity index is 3.25. The molecule has 17 heavy (non-hydrogen) atoms. The summed E-state index contributed by atoms with van der Waals surface area (Å²) < 4.78 is 5.64. The number of hydrogen-bond acceptors (Lipinski definition) is 4. The molecule has 0 fully saturated rings. The van der Waals surface area contributed by atoms with E-state index in [1.165, 1.54) is 31.8 Å². The highest BCUT2D eigenvalue weighted by Gasteiger charge is 2.05. The topological polar surface area (TPSA) is 44.0 Å². The summed E-state index contributed by atoms with van der Waals surface area (Å²) in [7, 11) is 3.37. The second-order valence-electron chi connectivity index (χ2n) is 3.61. The van der Waals surface area contributed by atoms with Gasteiger partial charge >= 0.3 is 0 Å². The summed E-state index contributed by atoms with van der Waals surface area (Å²) >= 11 is 2.66. The van der Waals surface area contributed by atoms with Gasteiger partial charge in [-0.15, -0.1) is 22.7 Å². The maximum atomic E-state index is 12.0. The number of rotatable bonds is 0. The Morgan fingerprint density at radius 3 is 2.18 bits per heavy atom. The second-order valence-corrected chi connectivity index (χ2v) is 5.73.